The van der Waals surface area contributed by atoms with Crippen molar-refractivity contribution >= 4 is 23.9 Å². The Morgan fingerprint density at radius 2 is 0.586 bits per heavy atom. The smallest absolute Gasteiger partial charge is 0.335 e. The molecule has 0 aromatic carbocycles. The van der Waals surface area contributed by atoms with Crippen LogP contribution in [0.15, 0.2) is 0 Å². The molecule has 70 heavy (non-hydrogen) atoms. The van der Waals surface area contributed by atoms with Gasteiger partial charge in [-0.3, -0.25) is 0 Å². The predicted molar refractivity (Wildman–Crippen MR) is 203 cm³/mol. The van der Waals surface area contributed by atoms with Gasteiger partial charge in [0.05, 0.1) is 12.2 Å². The Balaban J connectivity index is 1.12. The van der Waals surface area contributed by atoms with E-state index in [0.29, 0.717) is 0 Å². The molecule has 0 spiro atoms. The zero-order valence-corrected chi connectivity index (χ0v) is 36.3. The highest BCUT2D eigenvalue weighted by molar-refractivity contribution is 5.75. The highest BCUT2D eigenvalue weighted by Crippen LogP contribution is 2.37. The van der Waals surface area contributed by atoms with E-state index in [0.717, 1.165) is 7.11 Å². The first-order valence-electron chi connectivity index (χ1n) is 21.2. The Hall–Kier alpha value is -3.12. The fourth-order valence-corrected chi connectivity index (χ4v) is 8.70. The second-order valence-electron chi connectivity index (χ2n) is 17.0. The van der Waals surface area contributed by atoms with E-state index in [1.54, 1.807) is 0 Å². The molecule has 17 N–H and O–H groups in total. The van der Waals surface area contributed by atoms with Crippen molar-refractivity contribution in [3.63, 3.8) is 0 Å². The van der Waals surface area contributed by atoms with Crippen molar-refractivity contribution in [3.8, 4) is 0 Å². The Kier molecular flexibility index (Phi) is 18.4. The Morgan fingerprint density at radius 1 is 0.329 bits per heavy atom. The molecule has 5 aliphatic heterocycles. The summed E-state index contributed by atoms with van der Waals surface area (Å²) in [7, 11) is 2.33. The topological polar surface area (TPSA) is 523 Å². The molecule has 6 fully saturated rings. The maximum atomic E-state index is 12.5. The number of ether oxygens (including phenoxy) is 12. The number of hydrogen-bond acceptors (Lipinski definition) is 29. The Bertz CT molecular complexity index is 1800. The zero-order chi connectivity index (χ0) is 52.0. The lowest BCUT2D eigenvalue weighted by Gasteiger charge is -2.48. The number of aliphatic carboxylic acids is 4. The van der Waals surface area contributed by atoms with Gasteiger partial charge in [-0.15, -0.1) is 0 Å². The second-order valence-corrected chi connectivity index (χ2v) is 17.0. The number of rotatable bonds is 16. The van der Waals surface area contributed by atoms with Gasteiger partial charge in [-0.1, -0.05) is 0 Å². The van der Waals surface area contributed by atoms with Crippen LogP contribution in [-0.4, -0.2) is 303 Å². The summed E-state index contributed by atoms with van der Waals surface area (Å²) >= 11 is 0. The Labute approximate surface area is 391 Å². The van der Waals surface area contributed by atoms with Crippen LogP contribution in [0, 0.1) is 0 Å². The van der Waals surface area contributed by atoms with Crippen molar-refractivity contribution in [2.45, 2.75) is 191 Å². The first-order valence-corrected chi connectivity index (χ1v) is 21.2. The van der Waals surface area contributed by atoms with Crippen LogP contribution < -0.4 is 0 Å². The molecular formula is C37H56O33. The molecule has 33 nitrogen and oxygen atoms in total. The molecule has 0 aromatic rings. The summed E-state index contributed by atoms with van der Waals surface area (Å²) in [4.78, 5) is 49.6. The van der Waals surface area contributed by atoms with Gasteiger partial charge in [0.2, 0.25) is 0 Å². The molecule has 1 aliphatic carbocycles. The predicted octanol–water partition coefficient (Wildman–Crippen LogP) is -11.0. The fraction of sp³-hybridized carbons (Fsp3) is 0.892. The molecule has 6 aliphatic rings. The standard InChI is InChI=1S/C37H56O33/c1-59-5-3-4-6(8(39)7(5)38)61-33-14(45)9(40)19(24(66-33)28(50)51)62-34-15(46)10(41)20(25(67-34)29(52)53)63-35-16(47)11(42)21(26(68-35)30(54)55)64-36-17(48)12(43)22(27(69-36)31(56)57)65-37-18(49)13(44)23(60-2)32(58)70-37/h5-27,32-49,58H,3-4H2,1-2H3,(H,50,51)(H,52,53)(H,54,55)(H,56,57)/t5?,6-,7?,8?,9+,10?,11-,12?,13+,14?,15?,16?,17?,18?,19-,20+,21?,22+,23?,24?,25+,26?,27?,32?,33-,34+,35-,36?,37-/m1/s1. The van der Waals surface area contributed by atoms with Crippen LogP contribution in [0.4, 0.5) is 0 Å². The molecule has 0 radical (unpaired) electrons. The third-order valence-electron chi connectivity index (χ3n) is 12.6. The lowest BCUT2D eigenvalue weighted by molar-refractivity contribution is -0.390. The highest BCUT2D eigenvalue weighted by atomic mass is 16.8. The lowest BCUT2D eigenvalue weighted by atomic mass is 9.89. The summed E-state index contributed by atoms with van der Waals surface area (Å²) < 4.78 is 62.9. The molecule has 29 atom stereocenters. The van der Waals surface area contributed by atoms with Crippen LogP contribution in [0.2, 0.25) is 0 Å². The van der Waals surface area contributed by atoms with Gasteiger partial charge in [0.15, 0.2) is 62.2 Å². The van der Waals surface area contributed by atoms with E-state index >= 15 is 0 Å². The van der Waals surface area contributed by atoms with E-state index in [9.17, 15) is 106 Å². The molecular weight excluding hydrogens is 972 g/mol. The van der Waals surface area contributed by atoms with E-state index in [4.69, 9.17) is 56.8 Å². The van der Waals surface area contributed by atoms with Gasteiger partial charge in [0.25, 0.3) is 0 Å². The number of carbonyl (C=O) groups is 4. The van der Waals surface area contributed by atoms with E-state index in [1.807, 2.05) is 0 Å². The summed E-state index contributed by atoms with van der Waals surface area (Å²) in [5, 5.41) is 180. The molecule has 0 amide bonds. The normalized spacial score (nSPS) is 50.2. The largest absolute Gasteiger partial charge is 0.479 e. The number of carboxylic acid groups (broad SMARTS) is 4. The number of methoxy groups -OCH3 is 2. The van der Waals surface area contributed by atoms with Crippen molar-refractivity contribution in [2.24, 2.45) is 0 Å². The zero-order valence-electron chi connectivity index (χ0n) is 36.3. The maximum Gasteiger partial charge on any atom is 0.335 e. The van der Waals surface area contributed by atoms with Gasteiger partial charge < -0.3 is 144 Å². The van der Waals surface area contributed by atoms with E-state index in [-0.39, 0.29) is 12.8 Å². The number of carboxylic acids is 4. The monoisotopic (exact) mass is 1030 g/mol. The minimum atomic E-state index is -2.55. The summed E-state index contributed by atoms with van der Waals surface area (Å²) in [6.45, 7) is 0. The van der Waals surface area contributed by atoms with Crippen molar-refractivity contribution < 1.29 is 163 Å². The summed E-state index contributed by atoms with van der Waals surface area (Å²) in [5.74, 6) is -7.92. The molecule has 6 rings (SSSR count). The molecule has 5 saturated heterocycles. The molecule has 0 aromatic heterocycles. The average Bonchev–Trinajstić information content (AvgIpc) is 3.30. The van der Waals surface area contributed by atoms with Crippen LogP contribution in [-0.2, 0) is 76.0 Å². The first kappa shape index (κ1) is 56.2. The summed E-state index contributed by atoms with van der Waals surface area (Å²) in [6.07, 6.45) is -62.4. The van der Waals surface area contributed by atoms with Gasteiger partial charge in [-0.2, -0.15) is 0 Å². The van der Waals surface area contributed by atoms with Crippen LogP contribution in [0.5, 0.6) is 0 Å². The maximum absolute atomic E-state index is 12.5. The molecule has 1 saturated carbocycles. The molecule has 0 bridgehead atoms. The van der Waals surface area contributed by atoms with Crippen LogP contribution in [0.3, 0.4) is 0 Å². The van der Waals surface area contributed by atoms with Gasteiger partial charge in [0.1, 0.15) is 104 Å². The SMILES string of the molecule is COC1CC[C@@H](O[C@@H]2OC(C(=O)O)[C@H](O[C@H]3O[C@H](C(=O)O)[C@@H](O[C@@H]4OC(C(=O)O)C(OC5OC(C(=O)O)[C@@H](O[C@@H]6OC(O)C(OC)[C@@H](O)C6O)C(O)C5O)[C@H](O)C4O)C(O)C3O)[C@@H](O)C2O)C(O)C1O. The summed E-state index contributed by atoms with van der Waals surface area (Å²) in [6, 6.07) is 0. The van der Waals surface area contributed by atoms with Gasteiger partial charge >= 0.3 is 23.9 Å². The van der Waals surface area contributed by atoms with Gasteiger partial charge in [0, 0.05) is 14.2 Å². The van der Waals surface area contributed by atoms with Crippen LogP contribution >= 0.6 is 0 Å². The van der Waals surface area contributed by atoms with E-state index in [2.05, 4.69) is 0 Å². The summed E-state index contributed by atoms with van der Waals surface area (Å²) in [5.41, 5.74) is 0. The van der Waals surface area contributed by atoms with Gasteiger partial charge in [-0.25, -0.2) is 19.2 Å². The van der Waals surface area contributed by atoms with Gasteiger partial charge in [-0.05, 0) is 12.8 Å². The van der Waals surface area contributed by atoms with Crippen LogP contribution in [0.1, 0.15) is 12.8 Å². The highest BCUT2D eigenvalue weighted by Gasteiger charge is 2.60. The number of hydrogen-bond donors (Lipinski definition) is 17. The molecule has 5 heterocycles. The van der Waals surface area contributed by atoms with Crippen molar-refractivity contribution in [2.75, 3.05) is 14.2 Å². The van der Waals surface area contributed by atoms with Crippen molar-refractivity contribution in [1.82, 2.24) is 0 Å². The average molecular weight is 1030 g/mol. The molecule has 402 valence electrons. The Morgan fingerprint density at radius 3 is 0.871 bits per heavy atom. The minimum Gasteiger partial charge on any atom is -0.479 e. The lowest BCUT2D eigenvalue weighted by Crippen LogP contribution is -2.69. The minimum absolute atomic E-state index is 0.00388. The molecule has 17 unspecified atom stereocenters. The van der Waals surface area contributed by atoms with E-state index in [1.165, 1.54) is 7.11 Å². The van der Waals surface area contributed by atoms with Crippen LogP contribution in [0.25, 0.3) is 0 Å². The van der Waals surface area contributed by atoms with Crippen molar-refractivity contribution in [3.05, 3.63) is 0 Å². The number of aliphatic hydroxyl groups excluding tert-OH is 13. The quantitative estimate of drug-likeness (QED) is 0.0682. The fourth-order valence-electron chi connectivity index (χ4n) is 8.70. The number of aliphatic hydroxyl groups is 13. The van der Waals surface area contributed by atoms with E-state index < -0.39 is 202 Å². The molecule has 33 heteroatoms. The first-order chi connectivity index (χ1) is 32.8. The third-order valence-corrected chi connectivity index (χ3v) is 12.6. The second kappa shape index (κ2) is 23.0. The van der Waals surface area contributed by atoms with Crippen molar-refractivity contribution in [1.29, 1.82) is 0 Å². The third kappa shape index (κ3) is 11.2.